The maximum atomic E-state index is 15.5. The molecule has 5 aromatic rings. The van der Waals surface area contributed by atoms with Crippen molar-refractivity contribution < 1.29 is 33.4 Å². The highest BCUT2D eigenvalue weighted by molar-refractivity contribution is 6.36. The molecule has 9 rings (SSSR count). The first-order valence-corrected chi connectivity index (χ1v) is 19.5. The molecule has 0 spiro atoms. The van der Waals surface area contributed by atoms with Gasteiger partial charge >= 0.3 is 0 Å². The van der Waals surface area contributed by atoms with E-state index in [2.05, 4.69) is 10.7 Å². The van der Waals surface area contributed by atoms with Crippen LogP contribution in [0, 0.1) is 29.5 Å². The summed E-state index contributed by atoms with van der Waals surface area (Å²) in [6, 6.07) is 31.9. The van der Waals surface area contributed by atoms with Crippen molar-refractivity contribution in [2.24, 2.45) is 23.7 Å². The maximum Gasteiger partial charge on any atom is 0.260 e. The average Bonchev–Trinajstić information content (AvgIpc) is 3.61. The summed E-state index contributed by atoms with van der Waals surface area (Å²) in [4.78, 5) is 60.5. The molecule has 2 aliphatic heterocycles. The number of hydrazine groups is 1. The number of rotatable bonds is 8. The number of methoxy groups -OCH3 is 1. The molecule has 3 N–H and O–H groups in total. The third kappa shape index (κ3) is 5.82. The number of carbonyl (C=O) groups is 4. The number of anilines is 4. The predicted molar refractivity (Wildman–Crippen MR) is 217 cm³/mol. The molecule has 4 amide bonds. The number of fused-ring (bicyclic) bond motifs is 4. The SMILES string of the molecule is COc1ccc(C23C(=O)N(Nc4ccc(Cl)cc4Cl)C(=O)C2CC2C(=CCC4C(=O)N(c5ccc(Nc6ccccc6)cc5)C(=O)C42)C3c2ccc(O)c(F)c2)cc1. The Hall–Kier alpha value is -6.17. The number of aromatic hydroxyl groups is 1. The Kier molecular flexibility index (Phi) is 9.25. The smallest absolute Gasteiger partial charge is 0.260 e. The number of carbonyl (C=O) groups excluding carboxylic acids is 4. The molecule has 2 saturated heterocycles. The lowest BCUT2D eigenvalue weighted by Crippen LogP contribution is -2.53. The maximum absolute atomic E-state index is 15.5. The fourth-order valence-corrected chi connectivity index (χ4v) is 10.0. The number of amides is 4. The summed E-state index contributed by atoms with van der Waals surface area (Å²) in [5.74, 6) is -7.39. The largest absolute Gasteiger partial charge is 0.505 e. The molecular formula is C45H35Cl2FN4O6. The number of halogens is 3. The highest BCUT2D eigenvalue weighted by Crippen LogP contribution is 2.64. The van der Waals surface area contributed by atoms with Crippen LogP contribution in [0.5, 0.6) is 11.5 Å². The zero-order valence-electron chi connectivity index (χ0n) is 30.9. The van der Waals surface area contributed by atoms with Crippen molar-refractivity contribution >= 4 is 69.6 Å². The molecule has 13 heteroatoms. The summed E-state index contributed by atoms with van der Waals surface area (Å²) in [6.07, 6.45) is 2.09. The first-order chi connectivity index (χ1) is 28.0. The number of nitrogens with one attached hydrogen (secondary N) is 2. The summed E-state index contributed by atoms with van der Waals surface area (Å²) in [5.41, 5.74) is 4.98. The molecular weight excluding hydrogens is 782 g/mol. The highest BCUT2D eigenvalue weighted by atomic mass is 35.5. The summed E-state index contributed by atoms with van der Waals surface area (Å²) >= 11 is 12.7. The number of benzene rings is 5. The molecule has 1 saturated carbocycles. The van der Waals surface area contributed by atoms with Crippen molar-refractivity contribution in [1.82, 2.24) is 5.01 Å². The number of phenols is 1. The van der Waals surface area contributed by atoms with Gasteiger partial charge < -0.3 is 15.2 Å². The van der Waals surface area contributed by atoms with Crippen LogP contribution in [0.25, 0.3) is 0 Å². The third-order valence-electron chi connectivity index (χ3n) is 12.1. The quantitative estimate of drug-likeness (QED) is 0.105. The Bertz CT molecular complexity index is 2540. The Balaban J connectivity index is 1.16. The molecule has 3 fully saturated rings. The highest BCUT2D eigenvalue weighted by Gasteiger charge is 2.70. The standard InChI is InChI=1S/C45H35Cl2FN4O6/c1-58-30-15-8-25(9-16-30)45-34(42(55)52(44(45)57)50-37-19-10-26(46)22-35(37)47)23-33-31(40(45)24-7-20-38(53)36(48)21-24)17-18-32-39(33)43(56)51(41(32)54)29-13-11-28(12-14-29)49-27-5-3-2-4-6-27/h2-17,19-22,32-34,39-40,49-50,53H,18,23H2,1H3. The fourth-order valence-electron chi connectivity index (χ4n) is 9.56. The number of ether oxygens (including phenoxy) is 1. The molecule has 4 aliphatic rings. The van der Waals surface area contributed by atoms with E-state index < -0.39 is 64.3 Å². The zero-order chi connectivity index (χ0) is 40.5. The van der Waals surface area contributed by atoms with Crippen molar-refractivity contribution in [3.8, 4) is 11.5 Å². The minimum Gasteiger partial charge on any atom is -0.505 e. The van der Waals surface area contributed by atoms with Gasteiger partial charge in [0.25, 0.3) is 11.8 Å². The Morgan fingerprint density at radius 3 is 2.22 bits per heavy atom. The van der Waals surface area contributed by atoms with Gasteiger partial charge in [-0.05, 0) is 109 Å². The monoisotopic (exact) mass is 816 g/mol. The fraction of sp³-hybridized carbons (Fsp3) is 0.200. The minimum atomic E-state index is -1.68. The van der Waals surface area contributed by atoms with E-state index in [0.29, 0.717) is 33.2 Å². The number of imide groups is 2. The second-order valence-corrected chi connectivity index (χ2v) is 15.8. The van der Waals surface area contributed by atoms with Gasteiger partial charge in [0.2, 0.25) is 11.8 Å². The van der Waals surface area contributed by atoms with Gasteiger partial charge in [-0.15, -0.1) is 0 Å². The third-order valence-corrected chi connectivity index (χ3v) is 12.6. The van der Waals surface area contributed by atoms with E-state index in [0.717, 1.165) is 16.4 Å². The molecule has 2 heterocycles. The summed E-state index contributed by atoms with van der Waals surface area (Å²) in [7, 11) is 1.51. The van der Waals surface area contributed by atoms with Gasteiger partial charge in [0.1, 0.15) is 5.75 Å². The predicted octanol–water partition coefficient (Wildman–Crippen LogP) is 8.78. The minimum absolute atomic E-state index is 0.0278. The average molecular weight is 818 g/mol. The van der Waals surface area contributed by atoms with Crippen molar-refractivity contribution in [2.75, 3.05) is 22.8 Å². The summed E-state index contributed by atoms with van der Waals surface area (Å²) in [6.45, 7) is 0. The van der Waals surface area contributed by atoms with Gasteiger partial charge in [-0.25, -0.2) is 4.39 Å². The van der Waals surface area contributed by atoms with Gasteiger partial charge in [-0.3, -0.25) is 29.5 Å². The van der Waals surface area contributed by atoms with E-state index in [1.54, 1.807) is 60.7 Å². The molecule has 292 valence electrons. The first kappa shape index (κ1) is 37.4. The molecule has 2 aliphatic carbocycles. The van der Waals surface area contributed by atoms with E-state index in [1.165, 1.54) is 36.3 Å². The topological polar surface area (TPSA) is 128 Å². The van der Waals surface area contributed by atoms with Crippen molar-refractivity contribution in [1.29, 1.82) is 0 Å². The van der Waals surface area contributed by atoms with E-state index in [4.69, 9.17) is 27.9 Å². The second kappa shape index (κ2) is 14.3. The van der Waals surface area contributed by atoms with Crippen LogP contribution in [0.2, 0.25) is 10.0 Å². The van der Waals surface area contributed by atoms with Gasteiger partial charge in [0.15, 0.2) is 11.6 Å². The molecule has 0 bridgehead atoms. The van der Waals surface area contributed by atoms with E-state index in [-0.39, 0.29) is 29.5 Å². The molecule has 6 unspecified atom stereocenters. The van der Waals surface area contributed by atoms with Crippen LogP contribution in [0.4, 0.5) is 27.1 Å². The van der Waals surface area contributed by atoms with Crippen molar-refractivity contribution in [3.63, 3.8) is 0 Å². The summed E-state index contributed by atoms with van der Waals surface area (Å²) in [5, 5.41) is 15.1. The van der Waals surface area contributed by atoms with Crippen LogP contribution in [-0.2, 0) is 24.6 Å². The molecule has 0 aromatic heterocycles. The van der Waals surface area contributed by atoms with Crippen LogP contribution in [0.15, 0.2) is 127 Å². The molecule has 58 heavy (non-hydrogen) atoms. The van der Waals surface area contributed by atoms with Crippen LogP contribution >= 0.6 is 23.2 Å². The second-order valence-electron chi connectivity index (χ2n) is 15.0. The van der Waals surface area contributed by atoms with Crippen LogP contribution in [0.1, 0.15) is 29.9 Å². The lowest BCUT2D eigenvalue weighted by molar-refractivity contribution is -0.138. The lowest BCUT2D eigenvalue weighted by atomic mass is 9.49. The van der Waals surface area contributed by atoms with Gasteiger partial charge in [-0.2, -0.15) is 5.01 Å². The first-order valence-electron chi connectivity index (χ1n) is 18.7. The van der Waals surface area contributed by atoms with E-state index in [9.17, 15) is 19.5 Å². The molecule has 10 nitrogen and oxygen atoms in total. The van der Waals surface area contributed by atoms with Crippen molar-refractivity contribution in [3.05, 3.63) is 154 Å². The van der Waals surface area contributed by atoms with Crippen molar-refractivity contribution in [2.45, 2.75) is 24.2 Å². The molecule has 6 atom stereocenters. The van der Waals surface area contributed by atoms with E-state index in [1.807, 2.05) is 36.4 Å². The summed E-state index contributed by atoms with van der Waals surface area (Å²) < 4.78 is 20.9. The number of nitrogens with zero attached hydrogens (tertiary/aromatic N) is 2. The van der Waals surface area contributed by atoms with E-state index >= 15 is 9.18 Å². The van der Waals surface area contributed by atoms with Gasteiger partial charge in [0.05, 0.1) is 46.7 Å². The normalized spacial score (nSPS) is 24.9. The van der Waals surface area contributed by atoms with Gasteiger partial charge in [0, 0.05) is 22.3 Å². The Morgan fingerprint density at radius 1 is 0.810 bits per heavy atom. The zero-order valence-corrected chi connectivity index (χ0v) is 32.4. The lowest BCUT2D eigenvalue weighted by Gasteiger charge is -2.50. The Morgan fingerprint density at radius 2 is 1.53 bits per heavy atom. The molecule has 0 radical (unpaired) electrons. The van der Waals surface area contributed by atoms with Crippen LogP contribution in [-0.4, -0.2) is 40.9 Å². The number of hydrogen-bond donors (Lipinski definition) is 3. The van der Waals surface area contributed by atoms with Gasteiger partial charge in [-0.1, -0.05) is 71.2 Å². The number of para-hydroxylation sites is 1. The number of allylic oxidation sites excluding steroid dienone is 2. The Labute approximate surface area is 342 Å². The molecule has 5 aromatic carbocycles. The van der Waals surface area contributed by atoms with Crippen LogP contribution < -0.4 is 20.4 Å². The number of phenolic OH excluding ortho intramolecular Hbond substituents is 1. The van der Waals surface area contributed by atoms with Crippen LogP contribution in [0.3, 0.4) is 0 Å². The number of hydrogen-bond acceptors (Lipinski definition) is 8.